The van der Waals surface area contributed by atoms with Gasteiger partial charge in [0.2, 0.25) is 12.0 Å². The molecule has 3 atom stereocenters. The molecule has 2 heterocycles. The summed E-state index contributed by atoms with van der Waals surface area (Å²) < 4.78 is 30.3. The first-order valence-electron chi connectivity index (χ1n) is 12.5. The Hall–Kier alpha value is -4.28. The topological polar surface area (TPSA) is 110 Å². The van der Waals surface area contributed by atoms with E-state index in [0.29, 0.717) is 34.9 Å². The quantitative estimate of drug-likeness (QED) is 0.330. The summed E-state index contributed by atoms with van der Waals surface area (Å²) in [4.78, 5) is 20.0. The molecule has 0 bridgehead atoms. The van der Waals surface area contributed by atoms with Crippen LogP contribution in [0, 0.1) is 5.82 Å². The van der Waals surface area contributed by atoms with Gasteiger partial charge in [0.25, 0.3) is 5.91 Å². The summed E-state index contributed by atoms with van der Waals surface area (Å²) in [6.07, 6.45) is -0.893. The molecule has 1 aromatic heterocycles. The van der Waals surface area contributed by atoms with E-state index in [9.17, 15) is 14.3 Å². The molecule has 5 rings (SSSR count). The first-order chi connectivity index (χ1) is 18.8. The van der Waals surface area contributed by atoms with Crippen molar-refractivity contribution < 1.29 is 28.5 Å². The standard InChI is InChI=1S/C29H29FN4O5/c1-18(20-9-11-22(30)12-10-20)34-27(35)29(39-28(34)36,14-13-19-7-5-4-6-8-19)26-31-25(32-33-26)21-15-23(37-2)17-24(16-21)38-3/h4-12,15-18,28,36H,13-14H2,1-3H3,(H,31,32,33). The summed E-state index contributed by atoms with van der Waals surface area (Å²) in [6, 6.07) is 20.1. The number of nitrogens with zero attached hydrogens (tertiary/aromatic N) is 3. The van der Waals surface area contributed by atoms with Crippen LogP contribution < -0.4 is 9.47 Å². The molecule has 1 saturated heterocycles. The lowest BCUT2D eigenvalue weighted by atomic mass is 9.92. The summed E-state index contributed by atoms with van der Waals surface area (Å²) >= 11 is 0. The number of ether oxygens (including phenoxy) is 3. The minimum Gasteiger partial charge on any atom is -0.497 e. The van der Waals surface area contributed by atoms with Crippen molar-refractivity contribution in [2.24, 2.45) is 0 Å². The van der Waals surface area contributed by atoms with E-state index in [4.69, 9.17) is 14.2 Å². The number of aromatic nitrogens is 3. The number of aliphatic hydroxyl groups excluding tert-OH is 1. The average Bonchev–Trinajstić information content (AvgIpc) is 3.55. The van der Waals surface area contributed by atoms with E-state index in [-0.39, 0.29) is 12.2 Å². The Kier molecular flexibility index (Phi) is 7.32. The lowest BCUT2D eigenvalue weighted by molar-refractivity contribution is -0.188. The number of benzene rings is 3. The predicted octanol–water partition coefficient (Wildman–Crippen LogP) is 4.35. The van der Waals surface area contributed by atoms with Crippen LogP contribution >= 0.6 is 0 Å². The number of methoxy groups -OCH3 is 2. The Morgan fingerprint density at radius 2 is 1.74 bits per heavy atom. The number of amides is 1. The van der Waals surface area contributed by atoms with Crippen molar-refractivity contribution in [3.8, 4) is 22.9 Å². The van der Waals surface area contributed by atoms with Gasteiger partial charge in [0.05, 0.1) is 20.3 Å². The molecule has 2 N–H and O–H groups in total. The number of hydrogen-bond acceptors (Lipinski definition) is 7. The number of rotatable bonds is 9. The molecule has 0 radical (unpaired) electrons. The van der Waals surface area contributed by atoms with Gasteiger partial charge in [-0.05, 0) is 55.2 Å². The van der Waals surface area contributed by atoms with E-state index in [1.165, 1.54) is 17.0 Å². The van der Waals surface area contributed by atoms with Crippen LogP contribution in [0.1, 0.15) is 36.3 Å². The predicted molar refractivity (Wildman–Crippen MR) is 140 cm³/mol. The van der Waals surface area contributed by atoms with Crippen LogP contribution in [0.25, 0.3) is 11.4 Å². The lowest BCUT2D eigenvalue weighted by Crippen LogP contribution is -2.41. The average molecular weight is 533 g/mol. The summed E-state index contributed by atoms with van der Waals surface area (Å²) in [7, 11) is 3.09. The summed E-state index contributed by atoms with van der Waals surface area (Å²) in [6.45, 7) is 1.75. The van der Waals surface area contributed by atoms with Crippen molar-refractivity contribution in [1.82, 2.24) is 20.1 Å². The van der Waals surface area contributed by atoms with E-state index in [1.807, 2.05) is 30.3 Å². The lowest BCUT2D eigenvalue weighted by Gasteiger charge is -2.27. The zero-order chi connectivity index (χ0) is 27.6. The molecule has 0 spiro atoms. The van der Waals surface area contributed by atoms with Crippen molar-refractivity contribution >= 4 is 5.91 Å². The van der Waals surface area contributed by atoms with Crippen molar-refractivity contribution in [3.05, 3.63) is 95.6 Å². The first kappa shape index (κ1) is 26.3. The zero-order valence-corrected chi connectivity index (χ0v) is 21.8. The maximum Gasteiger partial charge on any atom is 0.267 e. The fraction of sp³-hybridized carbons (Fsp3) is 0.276. The molecule has 1 aliphatic heterocycles. The van der Waals surface area contributed by atoms with Gasteiger partial charge in [0.15, 0.2) is 11.6 Å². The number of carbonyl (C=O) groups excluding carboxylic acids is 1. The third kappa shape index (κ3) is 5.08. The molecule has 3 unspecified atom stereocenters. The van der Waals surface area contributed by atoms with E-state index in [0.717, 1.165) is 5.56 Å². The van der Waals surface area contributed by atoms with Gasteiger partial charge in [-0.1, -0.05) is 42.5 Å². The summed E-state index contributed by atoms with van der Waals surface area (Å²) in [5.41, 5.74) is 0.602. The van der Waals surface area contributed by atoms with Crippen molar-refractivity contribution in [2.45, 2.75) is 37.8 Å². The molecule has 1 aliphatic rings. The van der Waals surface area contributed by atoms with Gasteiger partial charge in [-0.25, -0.2) is 9.37 Å². The van der Waals surface area contributed by atoms with Crippen LogP contribution in [0.5, 0.6) is 11.5 Å². The number of aliphatic hydroxyl groups is 1. The highest BCUT2D eigenvalue weighted by molar-refractivity contribution is 5.88. The first-order valence-corrected chi connectivity index (χ1v) is 12.5. The van der Waals surface area contributed by atoms with E-state index >= 15 is 0 Å². The molecule has 1 fully saturated rings. The van der Waals surface area contributed by atoms with E-state index in [2.05, 4.69) is 15.2 Å². The highest BCUT2D eigenvalue weighted by Crippen LogP contribution is 2.42. The van der Waals surface area contributed by atoms with Gasteiger partial charge < -0.3 is 19.3 Å². The molecular formula is C29H29FN4O5. The summed E-state index contributed by atoms with van der Waals surface area (Å²) in [5.74, 6) is 0.699. The number of aryl methyl sites for hydroxylation is 1. The SMILES string of the molecule is COc1cc(OC)cc(-c2n[nH]c(C3(CCc4ccccc4)OC(O)N(C(C)c4ccc(F)cc4)C3=O)n2)c1. The number of H-pyrrole nitrogens is 1. The Balaban J connectivity index is 1.53. The van der Waals surface area contributed by atoms with Crippen LogP contribution in [0.15, 0.2) is 72.8 Å². The summed E-state index contributed by atoms with van der Waals surface area (Å²) in [5, 5.41) is 18.3. The van der Waals surface area contributed by atoms with E-state index in [1.54, 1.807) is 51.5 Å². The van der Waals surface area contributed by atoms with Crippen LogP contribution in [-0.4, -0.2) is 51.7 Å². The molecule has 1 amide bonds. The van der Waals surface area contributed by atoms with E-state index < -0.39 is 29.8 Å². The van der Waals surface area contributed by atoms with Crippen LogP contribution in [0.4, 0.5) is 4.39 Å². The van der Waals surface area contributed by atoms with Gasteiger partial charge >= 0.3 is 0 Å². The highest BCUT2D eigenvalue weighted by atomic mass is 19.1. The fourth-order valence-corrected chi connectivity index (χ4v) is 4.78. The fourth-order valence-electron chi connectivity index (χ4n) is 4.78. The van der Waals surface area contributed by atoms with Gasteiger partial charge in [0, 0.05) is 11.6 Å². The Labute approximate surface area is 225 Å². The highest BCUT2D eigenvalue weighted by Gasteiger charge is 2.57. The largest absolute Gasteiger partial charge is 0.497 e. The second kappa shape index (κ2) is 10.8. The van der Waals surface area contributed by atoms with Gasteiger partial charge in [-0.15, -0.1) is 0 Å². The molecule has 0 saturated carbocycles. The molecule has 9 nitrogen and oxygen atoms in total. The number of aromatic amines is 1. The number of halogens is 1. The molecule has 0 aliphatic carbocycles. The maximum atomic E-state index is 14.1. The molecule has 4 aromatic rings. The smallest absolute Gasteiger partial charge is 0.267 e. The molecule has 10 heteroatoms. The second-order valence-corrected chi connectivity index (χ2v) is 9.31. The number of carbonyl (C=O) groups is 1. The molecule has 39 heavy (non-hydrogen) atoms. The Morgan fingerprint density at radius 1 is 1.08 bits per heavy atom. The van der Waals surface area contributed by atoms with Crippen LogP contribution in [0.2, 0.25) is 0 Å². The van der Waals surface area contributed by atoms with Gasteiger partial charge in [0.1, 0.15) is 17.3 Å². The van der Waals surface area contributed by atoms with Crippen LogP contribution in [-0.2, 0) is 21.6 Å². The normalized spacial score (nSPS) is 19.8. The molecular weight excluding hydrogens is 503 g/mol. The van der Waals surface area contributed by atoms with Crippen molar-refractivity contribution in [3.63, 3.8) is 0 Å². The maximum absolute atomic E-state index is 14.1. The molecule has 202 valence electrons. The second-order valence-electron chi connectivity index (χ2n) is 9.31. The third-order valence-electron chi connectivity index (χ3n) is 6.98. The van der Waals surface area contributed by atoms with Gasteiger partial charge in [-0.3, -0.25) is 14.8 Å². The minimum absolute atomic E-state index is 0.160. The number of nitrogens with one attached hydrogen (secondary N) is 1. The monoisotopic (exact) mass is 532 g/mol. The van der Waals surface area contributed by atoms with Crippen molar-refractivity contribution in [2.75, 3.05) is 14.2 Å². The van der Waals surface area contributed by atoms with Crippen LogP contribution in [0.3, 0.4) is 0 Å². The Morgan fingerprint density at radius 3 is 2.38 bits per heavy atom. The molecule has 3 aromatic carbocycles. The number of hydrogen-bond donors (Lipinski definition) is 2. The third-order valence-corrected chi connectivity index (χ3v) is 6.98. The van der Waals surface area contributed by atoms with Crippen molar-refractivity contribution in [1.29, 1.82) is 0 Å². The van der Waals surface area contributed by atoms with Gasteiger partial charge in [-0.2, -0.15) is 5.10 Å². The zero-order valence-electron chi connectivity index (χ0n) is 21.8. The Bertz CT molecular complexity index is 1420. The minimum atomic E-state index is -1.64.